The Balaban J connectivity index is 1.59. The largest absolute Gasteiger partial charge is 0.321 e. The van der Waals surface area contributed by atoms with Crippen molar-refractivity contribution in [2.24, 2.45) is 5.10 Å². The van der Waals surface area contributed by atoms with Gasteiger partial charge < -0.3 is 15.5 Å². The number of anilines is 1. The van der Waals surface area contributed by atoms with Crippen LogP contribution in [0.5, 0.6) is 0 Å². The summed E-state index contributed by atoms with van der Waals surface area (Å²) in [7, 11) is 0. The maximum atomic E-state index is 13.0. The molecule has 0 aliphatic rings. The number of benzene rings is 3. The lowest BCUT2D eigenvalue weighted by atomic mass is 10.1. The minimum atomic E-state index is -0.499. The maximum absolute atomic E-state index is 13.0. The minimum Gasteiger partial charge on any atom is -0.321 e. The van der Waals surface area contributed by atoms with Crippen molar-refractivity contribution >= 4 is 39.6 Å². The van der Waals surface area contributed by atoms with Gasteiger partial charge in [0.2, 0.25) is 0 Å². The predicted octanol–water partition coefficient (Wildman–Crippen LogP) is 5.04. The van der Waals surface area contributed by atoms with Crippen molar-refractivity contribution in [1.29, 1.82) is 0 Å². The first kappa shape index (κ1) is 28.2. The van der Waals surface area contributed by atoms with Crippen LogP contribution in [-0.2, 0) is 6.54 Å². The summed E-state index contributed by atoms with van der Waals surface area (Å²) in [5.74, 6) is -1.18. The molecule has 0 aliphatic heterocycles. The van der Waals surface area contributed by atoms with Crippen LogP contribution in [0.2, 0.25) is 0 Å². The van der Waals surface area contributed by atoms with E-state index < -0.39 is 5.91 Å². The van der Waals surface area contributed by atoms with Crippen LogP contribution in [0.3, 0.4) is 0 Å². The van der Waals surface area contributed by atoms with Gasteiger partial charge in [-0.1, -0.05) is 54.0 Å². The molecule has 3 N–H and O–H groups in total. The van der Waals surface area contributed by atoms with Crippen molar-refractivity contribution < 1.29 is 14.0 Å². The number of halogens is 2. The fourth-order valence-electron chi connectivity index (χ4n) is 3.57. The molecule has 0 aromatic heterocycles. The minimum absolute atomic E-state index is 0.244. The van der Waals surface area contributed by atoms with Gasteiger partial charge in [0.15, 0.2) is 0 Å². The Bertz CT molecular complexity index is 1210. The van der Waals surface area contributed by atoms with E-state index in [1.54, 1.807) is 42.5 Å². The molecule has 0 spiro atoms. The van der Waals surface area contributed by atoms with Crippen LogP contribution in [-0.4, -0.2) is 49.1 Å². The zero-order valence-electron chi connectivity index (χ0n) is 20.9. The van der Waals surface area contributed by atoms with Crippen LogP contribution in [0.25, 0.3) is 0 Å². The molecule has 2 amide bonds. The van der Waals surface area contributed by atoms with Crippen LogP contribution >= 0.6 is 15.9 Å². The molecule has 3 rings (SSSR count). The number of hydrogen-bond donors (Lipinski definition) is 3. The number of amides is 2. The molecule has 0 radical (unpaired) electrons. The number of nitrogens with one attached hydrogen (secondary N) is 3. The lowest BCUT2D eigenvalue weighted by Crippen LogP contribution is -2.31. The summed E-state index contributed by atoms with van der Waals surface area (Å²) in [6, 6.07) is 18.1. The van der Waals surface area contributed by atoms with Crippen LogP contribution < -0.4 is 16.1 Å². The highest BCUT2D eigenvalue weighted by Gasteiger charge is 2.15. The third-order valence-electron chi connectivity index (χ3n) is 5.77. The van der Waals surface area contributed by atoms with Crippen molar-refractivity contribution in [3.63, 3.8) is 0 Å². The van der Waals surface area contributed by atoms with E-state index in [4.69, 9.17) is 0 Å². The normalized spacial score (nSPS) is 11.2. The average Bonchev–Trinajstić information content (AvgIpc) is 2.91. The molecule has 0 heterocycles. The maximum Gasteiger partial charge on any atom is 0.273 e. The van der Waals surface area contributed by atoms with E-state index in [2.05, 4.69) is 55.8 Å². The second kappa shape index (κ2) is 14.4. The van der Waals surface area contributed by atoms with E-state index in [1.807, 2.05) is 12.1 Å². The van der Waals surface area contributed by atoms with Gasteiger partial charge in [0.1, 0.15) is 5.82 Å². The quantitative estimate of drug-likeness (QED) is 0.163. The van der Waals surface area contributed by atoms with Crippen LogP contribution in [0.1, 0.15) is 45.7 Å². The summed E-state index contributed by atoms with van der Waals surface area (Å²) in [6.07, 6.45) is 1.41. The summed E-state index contributed by atoms with van der Waals surface area (Å²) in [4.78, 5) is 28.0. The molecular formula is C28H31BrFN5O2. The van der Waals surface area contributed by atoms with E-state index in [0.717, 1.165) is 38.3 Å². The SMILES string of the molecule is CCN(CC)CCNCc1ccc(C(=O)Nc2ccc(Br)cc2C(=O)N/N=C/c2ccc(F)cc2)cc1. The molecule has 0 unspecified atom stereocenters. The number of hydrogen-bond acceptors (Lipinski definition) is 5. The third-order valence-corrected chi connectivity index (χ3v) is 6.26. The Morgan fingerprint density at radius 3 is 2.35 bits per heavy atom. The van der Waals surface area contributed by atoms with Gasteiger partial charge in [-0.15, -0.1) is 0 Å². The molecule has 194 valence electrons. The standard InChI is InChI=1S/C28H31BrFN5O2/c1-3-35(4-2)16-15-31-18-20-5-9-22(10-6-20)27(36)33-26-14-11-23(29)17-25(26)28(37)34-32-19-21-7-12-24(30)13-8-21/h5-14,17,19,31H,3-4,15-16,18H2,1-2H3,(H,33,36)(H,34,37)/b32-19+. The number of carbonyl (C=O) groups is 2. The highest BCUT2D eigenvalue weighted by molar-refractivity contribution is 9.10. The third kappa shape index (κ3) is 8.89. The molecular weight excluding hydrogens is 537 g/mol. The molecule has 0 fully saturated rings. The second-order valence-electron chi connectivity index (χ2n) is 8.30. The summed E-state index contributed by atoms with van der Waals surface area (Å²) < 4.78 is 13.7. The number of nitrogens with zero attached hydrogens (tertiary/aromatic N) is 2. The van der Waals surface area contributed by atoms with Gasteiger partial charge >= 0.3 is 0 Å². The Morgan fingerprint density at radius 1 is 0.973 bits per heavy atom. The fourth-order valence-corrected chi connectivity index (χ4v) is 3.93. The van der Waals surface area contributed by atoms with Crippen molar-refractivity contribution in [3.05, 3.63) is 99.3 Å². The predicted molar refractivity (Wildman–Crippen MR) is 149 cm³/mol. The first-order valence-corrected chi connectivity index (χ1v) is 12.9. The summed E-state index contributed by atoms with van der Waals surface area (Å²) in [5.41, 5.74) is 5.23. The first-order chi connectivity index (χ1) is 17.9. The summed E-state index contributed by atoms with van der Waals surface area (Å²) in [5, 5.41) is 10.2. The lowest BCUT2D eigenvalue weighted by Gasteiger charge is -2.18. The molecule has 0 bridgehead atoms. The van der Waals surface area contributed by atoms with Gasteiger partial charge in [-0.25, -0.2) is 9.82 Å². The summed E-state index contributed by atoms with van der Waals surface area (Å²) in [6.45, 7) is 8.99. The van der Waals surface area contributed by atoms with Crippen molar-refractivity contribution in [2.75, 3.05) is 31.5 Å². The molecule has 3 aromatic rings. The van der Waals surface area contributed by atoms with Gasteiger partial charge in [0, 0.05) is 29.7 Å². The smallest absolute Gasteiger partial charge is 0.273 e. The van der Waals surface area contributed by atoms with E-state index in [9.17, 15) is 14.0 Å². The molecule has 7 nitrogen and oxygen atoms in total. The van der Waals surface area contributed by atoms with Gasteiger partial charge in [-0.05, 0) is 66.7 Å². The van der Waals surface area contributed by atoms with Crippen molar-refractivity contribution in [1.82, 2.24) is 15.6 Å². The average molecular weight is 568 g/mol. The van der Waals surface area contributed by atoms with E-state index in [1.165, 1.54) is 18.3 Å². The number of rotatable bonds is 12. The molecule has 0 saturated heterocycles. The Hall–Kier alpha value is -3.40. The topological polar surface area (TPSA) is 85.8 Å². The van der Waals surface area contributed by atoms with Crippen LogP contribution in [0.4, 0.5) is 10.1 Å². The van der Waals surface area contributed by atoms with Gasteiger partial charge in [0.25, 0.3) is 11.8 Å². The summed E-state index contributed by atoms with van der Waals surface area (Å²) >= 11 is 3.36. The molecule has 3 aromatic carbocycles. The van der Waals surface area contributed by atoms with Crippen molar-refractivity contribution in [2.45, 2.75) is 20.4 Å². The molecule has 9 heteroatoms. The first-order valence-electron chi connectivity index (χ1n) is 12.1. The van der Waals surface area contributed by atoms with E-state index >= 15 is 0 Å². The zero-order chi connectivity index (χ0) is 26.6. The number of hydrazone groups is 1. The van der Waals surface area contributed by atoms with Crippen LogP contribution in [0, 0.1) is 5.82 Å². The Labute approximate surface area is 225 Å². The van der Waals surface area contributed by atoms with Gasteiger partial charge in [0.05, 0.1) is 17.5 Å². The van der Waals surface area contributed by atoms with Gasteiger partial charge in [-0.2, -0.15) is 5.10 Å². The molecule has 0 aliphatic carbocycles. The highest BCUT2D eigenvalue weighted by Crippen LogP contribution is 2.22. The van der Waals surface area contributed by atoms with E-state index in [-0.39, 0.29) is 17.3 Å². The zero-order valence-corrected chi connectivity index (χ0v) is 22.5. The molecule has 37 heavy (non-hydrogen) atoms. The second-order valence-corrected chi connectivity index (χ2v) is 9.21. The molecule has 0 saturated carbocycles. The van der Waals surface area contributed by atoms with Crippen molar-refractivity contribution in [3.8, 4) is 0 Å². The lowest BCUT2D eigenvalue weighted by molar-refractivity contribution is 0.0956. The van der Waals surface area contributed by atoms with Gasteiger partial charge in [-0.3, -0.25) is 9.59 Å². The highest BCUT2D eigenvalue weighted by atomic mass is 79.9. The number of carbonyl (C=O) groups excluding carboxylic acids is 2. The number of likely N-dealkylation sites (N-methyl/N-ethyl adjacent to an activating group) is 1. The Morgan fingerprint density at radius 2 is 1.68 bits per heavy atom. The Kier molecular flexibility index (Phi) is 10.9. The van der Waals surface area contributed by atoms with E-state index in [0.29, 0.717) is 21.3 Å². The fraction of sp³-hybridized carbons (Fsp3) is 0.250. The van der Waals surface area contributed by atoms with Crippen LogP contribution in [0.15, 0.2) is 76.3 Å². The molecule has 0 atom stereocenters. The monoisotopic (exact) mass is 567 g/mol.